The zero-order chi connectivity index (χ0) is 14.5. The van der Waals surface area contributed by atoms with Gasteiger partial charge in [0.2, 0.25) is 0 Å². The van der Waals surface area contributed by atoms with Crippen LogP contribution in [0.4, 0.5) is 0 Å². The fraction of sp³-hybridized carbons (Fsp3) is 0.429. The Bertz CT molecular complexity index is 568. The van der Waals surface area contributed by atoms with Gasteiger partial charge in [0.05, 0.1) is 5.69 Å². The summed E-state index contributed by atoms with van der Waals surface area (Å²) in [5.74, 6) is 0.997. The van der Waals surface area contributed by atoms with Crippen LogP contribution in [0.1, 0.15) is 37.8 Å². The molecule has 0 aliphatic heterocycles. The van der Waals surface area contributed by atoms with Gasteiger partial charge in [-0.2, -0.15) is 0 Å². The van der Waals surface area contributed by atoms with E-state index in [-0.39, 0.29) is 6.04 Å². The van der Waals surface area contributed by atoms with E-state index in [0.29, 0.717) is 0 Å². The third-order valence-corrected chi connectivity index (χ3v) is 4.12. The molecule has 0 radical (unpaired) electrons. The van der Waals surface area contributed by atoms with Crippen molar-refractivity contribution in [3.63, 3.8) is 0 Å². The number of halogens is 2. The zero-order valence-electron chi connectivity index (χ0n) is 11.6. The van der Waals surface area contributed by atoms with Gasteiger partial charge >= 0.3 is 0 Å². The average Bonchev–Trinajstić information content (AvgIpc) is 2.89. The standard InChI is InChI=1S/C14H18Br2N4/c1-3-5-17-13(14-18-6-7-20(14)4-2)12-11(16)8-10(15)9-19-12/h6-9,13,17H,3-5H2,1-2H3. The third kappa shape index (κ3) is 3.48. The second-order valence-corrected chi connectivity index (χ2v) is 6.25. The highest BCUT2D eigenvalue weighted by Crippen LogP contribution is 2.28. The predicted molar refractivity (Wildman–Crippen MR) is 87.7 cm³/mol. The maximum absolute atomic E-state index is 4.55. The molecule has 2 aromatic rings. The molecule has 0 fully saturated rings. The lowest BCUT2D eigenvalue weighted by molar-refractivity contribution is 0.530. The number of hydrogen-bond donors (Lipinski definition) is 1. The predicted octanol–water partition coefficient (Wildman–Crippen LogP) is 3.91. The van der Waals surface area contributed by atoms with Crippen molar-refractivity contribution in [1.82, 2.24) is 19.9 Å². The van der Waals surface area contributed by atoms with Crippen LogP contribution in [0, 0.1) is 0 Å². The number of aromatic nitrogens is 3. The number of nitrogens with zero attached hydrogens (tertiary/aromatic N) is 3. The lowest BCUT2D eigenvalue weighted by Gasteiger charge is -2.20. The number of aryl methyl sites for hydroxylation is 1. The highest BCUT2D eigenvalue weighted by atomic mass is 79.9. The first-order valence-electron chi connectivity index (χ1n) is 6.72. The van der Waals surface area contributed by atoms with Crippen molar-refractivity contribution in [1.29, 1.82) is 0 Å². The number of imidazole rings is 1. The zero-order valence-corrected chi connectivity index (χ0v) is 14.8. The van der Waals surface area contributed by atoms with Crippen LogP contribution >= 0.6 is 31.9 Å². The van der Waals surface area contributed by atoms with Crippen LogP contribution < -0.4 is 5.32 Å². The summed E-state index contributed by atoms with van der Waals surface area (Å²) in [6, 6.07) is 2.01. The van der Waals surface area contributed by atoms with Gasteiger partial charge in [0, 0.05) is 34.1 Å². The fourth-order valence-corrected chi connectivity index (χ4v) is 3.30. The number of pyridine rings is 1. The van der Waals surface area contributed by atoms with Crippen molar-refractivity contribution in [2.24, 2.45) is 0 Å². The molecule has 2 aromatic heterocycles. The lowest BCUT2D eigenvalue weighted by atomic mass is 10.1. The van der Waals surface area contributed by atoms with Crippen molar-refractivity contribution in [3.8, 4) is 0 Å². The summed E-state index contributed by atoms with van der Waals surface area (Å²) in [6.45, 7) is 6.09. The third-order valence-electron chi connectivity index (χ3n) is 3.05. The molecule has 0 amide bonds. The molecule has 2 heterocycles. The minimum Gasteiger partial charge on any atom is -0.334 e. The Balaban J connectivity index is 2.41. The van der Waals surface area contributed by atoms with Crippen molar-refractivity contribution in [3.05, 3.63) is 45.1 Å². The van der Waals surface area contributed by atoms with E-state index >= 15 is 0 Å². The second kappa shape index (κ2) is 7.33. The Morgan fingerprint density at radius 2 is 2.10 bits per heavy atom. The number of hydrogen-bond acceptors (Lipinski definition) is 3. The molecule has 6 heteroatoms. The molecule has 0 aliphatic carbocycles. The van der Waals surface area contributed by atoms with Gasteiger partial charge in [-0.1, -0.05) is 6.92 Å². The van der Waals surface area contributed by atoms with E-state index in [1.54, 1.807) is 0 Å². The van der Waals surface area contributed by atoms with E-state index in [4.69, 9.17) is 0 Å². The van der Waals surface area contributed by atoms with E-state index in [9.17, 15) is 0 Å². The molecular formula is C14H18Br2N4. The smallest absolute Gasteiger partial charge is 0.132 e. The molecule has 1 unspecified atom stereocenters. The maximum atomic E-state index is 4.55. The lowest BCUT2D eigenvalue weighted by Crippen LogP contribution is -2.27. The normalized spacial score (nSPS) is 12.6. The van der Waals surface area contributed by atoms with Crippen LogP contribution in [0.3, 0.4) is 0 Å². The van der Waals surface area contributed by atoms with Crippen LogP contribution in [0.2, 0.25) is 0 Å². The molecular weight excluding hydrogens is 384 g/mol. The molecule has 1 N–H and O–H groups in total. The van der Waals surface area contributed by atoms with Gasteiger partial charge < -0.3 is 9.88 Å². The quantitative estimate of drug-likeness (QED) is 0.797. The summed E-state index contributed by atoms with van der Waals surface area (Å²) in [5, 5.41) is 3.53. The summed E-state index contributed by atoms with van der Waals surface area (Å²) < 4.78 is 4.08. The van der Waals surface area contributed by atoms with E-state index < -0.39 is 0 Å². The van der Waals surface area contributed by atoms with Crippen molar-refractivity contribution in [2.75, 3.05) is 6.54 Å². The van der Waals surface area contributed by atoms with E-state index in [1.807, 2.05) is 24.7 Å². The van der Waals surface area contributed by atoms with Gasteiger partial charge in [-0.15, -0.1) is 0 Å². The Hall–Kier alpha value is -0.720. The van der Waals surface area contributed by atoms with E-state index in [2.05, 4.69) is 65.6 Å². The van der Waals surface area contributed by atoms with E-state index in [1.165, 1.54) is 0 Å². The first kappa shape index (κ1) is 15.7. The average molecular weight is 402 g/mol. The van der Waals surface area contributed by atoms with Gasteiger partial charge in [-0.25, -0.2) is 4.98 Å². The van der Waals surface area contributed by atoms with Crippen molar-refractivity contribution >= 4 is 31.9 Å². The Morgan fingerprint density at radius 1 is 1.30 bits per heavy atom. The van der Waals surface area contributed by atoms with Crippen LogP contribution in [-0.4, -0.2) is 21.1 Å². The molecule has 0 aromatic carbocycles. The molecule has 0 saturated carbocycles. The molecule has 2 rings (SSSR count). The summed E-state index contributed by atoms with van der Waals surface area (Å²) in [5.41, 5.74) is 0.961. The molecule has 4 nitrogen and oxygen atoms in total. The molecule has 108 valence electrons. The molecule has 1 atom stereocenters. The summed E-state index contributed by atoms with van der Waals surface area (Å²) in [4.78, 5) is 9.06. The highest BCUT2D eigenvalue weighted by molar-refractivity contribution is 9.11. The molecule has 0 bridgehead atoms. The van der Waals surface area contributed by atoms with Crippen molar-refractivity contribution in [2.45, 2.75) is 32.9 Å². The van der Waals surface area contributed by atoms with Crippen LogP contribution in [-0.2, 0) is 6.54 Å². The Labute approximate surface area is 136 Å². The van der Waals surface area contributed by atoms with Crippen molar-refractivity contribution < 1.29 is 0 Å². The van der Waals surface area contributed by atoms with Gasteiger partial charge in [0.15, 0.2) is 0 Å². The molecule has 0 saturated heterocycles. The summed E-state index contributed by atoms with van der Waals surface area (Å²) >= 11 is 7.04. The highest BCUT2D eigenvalue weighted by Gasteiger charge is 2.22. The van der Waals surface area contributed by atoms with Gasteiger partial charge in [-0.3, -0.25) is 4.98 Å². The minimum absolute atomic E-state index is 0.00706. The Morgan fingerprint density at radius 3 is 2.75 bits per heavy atom. The summed E-state index contributed by atoms with van der Waals surface area (Å²) in [7, 11) is 0. The SMILES string of the molecule is CCCNC(c1ncc(Br)cc1Br)c1nccn1CC. The Kier molecular flexibility index (Phi) is 5.74. The first-order chi connectivity index (χ1) is 9.67. The molecule has 20 heavy (non-hydrogen) atoms. The molecule has 0 aliphatic rings. The summed E-state index contributed by atoms with van der Waals surface area (Å²) in [6.07, 6.45) is 6.73. The number of nitrogens with one attached hydrogen (secondary N) is 1. The monoisotopic (exact) mass is 400 g/mol. The van der Waals surface area contributed by atoms with Gasteiger partial charge in [-0.05, 0) is 57.8 Å². The largest absolute Gasteiger partial charge is 0.334 e. The van der Waals surface area contributed by atoms with Crippen LogP contribution in [0.5, 0.6) is 0 Å². The van der Waals surface area contributed by atoms with Gasteiger partial charge in [0.1, 0.15) is 11.9 Å². The van der Waals surface area contributed by atoms with Crippen LogP contribution in [0.15, 0.2) is 33.6 Å². The fourth-order valence-electron chi connectivity index (χ4n) is 2.08. The van der Waals surface area contributed by atoms with E-state index in [0.717, 1.165) is 40.0 Å². The maximum Gasteiger partial charge on any atom is 0.132 e. The number of rotatable bonds is 6. The first-order valence-corrected chi connectivity index (χ1v) is 8.31. The molecule has 0 spiro atoms. The second-order valence-electron chi connectivity index (χ2n) is 4.48. The minimum atomic E-state index is -0.00706. The van der Waals surface area contributed by atoms with Crippen LogP contribution in [0.25, 0.3) is 0 Å². The van der Waals surface area contributed by atoms with Gasteiger partial charge in [0.25, 0.3) is 0 Å². The topological polar surface area (TPSA) is 42.7 Å².